The molecule has 0 spiro atoms. The fourth-order valence-electron chi connectivity index (χ4n) is 2.98. The number of rotatable bonds is 21. The van der Waals surface area contributed by atoms with Crippen molar-refractivity contribution in [3.8, 4) is 0 Å². The molecule has 0 heterocycles. The molecule has 0 unspecified atom stereocenters. The number of carbonyl (C=O) groups excluding carboxylic acids is 1. The molecule has 0 fully saturated rings. The van der Waals surface area contributed by atoms with Gasteiger partial charge in [-0.05, 0) is 6.42 Å². The van der Waals surface area contributed by atoms with E-state index in [1.165, 1.54) is 90.6 Å². The average molecular weight is 373 g/mol. The van der Waals surface area contributed by atoms with Crippen LogP contribution in [0.2, 0.25) is 0 Å². The van der Waals surface area contributed by atoms with E-state index in [4.69, 9.17) is 9.47 Å². The van der Waals surface area contributed by atoms with Crippen LogP contribution in [-0.2, 0) is 19.0 Å². The summed E-state index contributed by atoms with van der Waals surface area (Å²) in [4.78, 5) is 10.9. The van der Waals surface area contributed by atoms with Gasteiger partial charge in [-0.25, -0.2) is 0 Å². The van der Waals surface area contributed by atoms with Crippen molar-refractivity contribution in [2.45, 2.75) is 103 Å². The van der Waals surface area contributed by atoms with E-state index in [0.29, 0.717) is 26.2 Å². The largest absolute Gasteiger partial charge is 0.469 e. The molecule has 0 saturated heterocycles. The van der Waals surface area contributed by atoms with Crippen molar-refractivity contribution in [3.63, 3.8) is 0 Å². The molecular formula is C22H44O4. The van der Waals surface area contributed by atoms with Crippen molar-refractivity contribution in [3.05, 3.63) is 0 Å². The molecule has 0 atom stereocenters. The molecule has 0 aromatic carbocycles. The van der Waals surface area contributed by atoms with Gasteiger partial charge in [0, 0.05) is 6.61 Å². The van der Waals surface area contributed by atoms with E-state index in [-0.39, 0.29) is 5.97 Å². The monoisotopic (exact) mass is 372 g/mol. The fourth-order valence-corrected chi connectivity index (χ4v) is 2.98. The molecule has 4 nitrogen and oxygen atoms in total. The Kier molecular flexibility index (Phi) is 21.9. The maximum Gasteiger partial charge on any atom is 0.307 e. The van der Waals surface area contributed by atoms with Crippen LogP contribution in [0.3, 0.4) is 0 Å². The van der Waals surface area contributed by atoms with Crippen LogP contribution >= 0.6 is 0 Å². The fraction of sp³-hybridized carbons (Fsp3) is 0.955. The lowest BCUT2D eigenvalue weighted by atomic mass is 10.0. The van der Waals surface area contributed by atoms with Gasteiger partial charge in [-0.3, -0.25) is 4.79 Å². The number of hydrogen-bond donors (Lipinski definition) is 0. The summed E-state index contributed by atoms with van der Waals surface area (Å²) in [5.41, 5.74) is 0. The maximum absolute atomic E-state index is 10.9. The molecule has 0 amide bonds. The highest BCUT2D eigenvalue weighted by Crippen LogP contribution is 2.12. The van der Waals surface area contributed by atoms with Gasteiger partial charge in [-0.15, -0.1) is 0 Å². The zero-order chi connectivity index (χ0) is 19.1. The Hall–Kier alpha value is -0.610. The molecule has 26 heavy (non-hydrogen) atoms. The first-order valence-corrected chi connectivity index (χ1v) is 11.0. The average Bonchev–Trinajstić information content (AvgIpc) is 2.66. The minimum absolute atomic E-state index is 0.228. The van der Waals surface area contributed by atoms with Crippen molar-refractivity contribution in [2.24, 2.45) is 0 Å². The second-order valence-corrected chi connectivity index (χ2v) is 7.15. The minimum Gasteiger partial charge on any atom is -0.469 e. The molecule has 0 aromatic rings. The molecule has 0 aliphatic heterocycles. The summed E-state index contributed by atoms with van der Waals surface area (Å²) in [6.45, 7) is 4.67. The lowest BCUT2D eigenvalue weighted by Crippen LogP contribution is -2.09. The molecule has 0 aromatic heterocycles. The third kappa shape index (κ3) is 21.4. The zero-order valence-corrected chi connectivity index (χ0v) is 17.6. The lowest BCUT2D eigenvalue weighted by Gasteiger charge is -2.06. The summed E-state index contributed by atoms with van der Waals surface area (Å²) >= 11 is 0. The van der Waals surface area contributed by atoms with E-state index in [0.717, 1.165) is 13.0 Å². The second-order valence-electron chi connectivity index (χ2n) is 7.15. The molecule has 0 aliphatic carbocycles. The van der Waals surface area contributed by atoms with E-state index in [2.05, 4.69) is 11.7 Å². The van der Waals surface area contributed by atoms with Crippen LogP contribution < -0.4 is 0 Å². The summed E-state index contributed by atoms with van der Waals surface area (Å²) in [6, 6.07) is 0. The predicted molar refractivity (Wildman–Crippen MR) is 109 cm³/mol. The van der Waals surface area contributed by atoms with Gasteiger partial charge in [-0.1, -0.05) is 90.4 Å². The van der Waals surface area contributed by atoms with Crippen LogP contribution in [0, 0.1) is 0 Å². The smallest absolute Gasteiger partial charge is 0.307 e. The summed E-state index contributed by atoms with van der Waals surface area (Å²) in [5, 5.41) is 0. The Morgan fingerprint density at radius 3 is 1.46 bits per heavy atom. The highest BCUT2D eigenvalue weighted by atomic mass is 16.5. The van der Waals surface area contributed by atoms with Gasteiger partial charge in [0.15, 0.2) is 0 Å². The van der Waals surface area contributed by atoms with E-state index < -0.39 is 0 Å². The van der Waals surface area contributed by atoms with Crippen LogP contribution in [0.15, 0.2) is 0 Å². The predicted octanol–water partition coefficient (Wildman–Crippen LogP) is 6.06. The Morgan fingerprint density at radius 2 is 1.00 bits per heavy atom. The standard InChI is InChI=1S/C22H44O4/c1-3-4-5-6-7-8-9-10-11-12-13-14-15-16-18-25-20-21-26-19-17-22(23)24-2/h3-21H2,1-2H3. The third-order valence-electron chi connectivity index (χ3n) is 4.69. The van der Waals surface area contributed by atoms with Crippen LogP contribution in [-0.4, -0.2) is 39.5 Å². The van der Waals surface area contributed by atoms with Gasteiger partial charge < -0.3 is 14.2 Å². The Labute approximate surface area is 162 Å². The molecule has 0 N–H and O–H groups in total. The summed E-state index contributed by atoms with van der Waals surface area (Å²) in [5.74, 6) is -0.228. The van der Waals surface area contributed by atoms with Crippen LogP contribution in [0.1, 0.15) is 103 Å². The number of hydrogen-bond acceptors (Lipinski definition) is 4. The number of carbonyl (C=O) groups is 1. The second kappa shape index (κ2) is 22.4. The highest BCUT2D eigenvalue weighted by molar-refractivity contribution is 5.69. The lowest BCUT2D eigenvalue weighted by molar-refractivity contribution is -0.141. The molecule has 0 bridgehead atoms. The van der Waals surface area contributed by atoms with Crippen molar-refractivity contribution < 1.29 is 19.0 Å². The van der Waals surface area contributed by atoms with Crippen molar-refractivity contribution >= 4 is 5.97 Å². The highest BCUT2D eigenvalue weighted by Gasteiger charge is 1.99. The van der Waals surface area contributed by atoms with Crippen LogP contribution in [0.5, 0.6) is 0 Å². The molecule has 0 radical (unpaired) electrons. The normalized spacial score (nSPS) is 11.0. The molecule has 156 valence electrons. The molecule has 4 heteroatoms. The van der Waals surface area contributed by atoms with E-state index in [1.54, 1.807) is 0 Å². The van der Waals surface area contributed by atoms with Gasteiger partial charge in [0.25, 0.3) is 0 Å². The summed E-state index contributed by atoms with van der Waals surface area (Å²) in [6.07, 6.45) is 19.6. The van der Waals surface area contributed by atoms with E-state index in [9.17, 15) is 4.79 Å². The van der Waals surface area contributed by atoms with Crippen molar-refractivity contribution in [1.29, 1.82) is 0 Å². The third-order valence-corrected chi connectivity index (χ3v) is 4.69. The topological polar surface area (TPSA) is 44.8 Å². The van der Waals surface area contributed by atoms with Gasteiger partial charge in [-0.2, -0.15) is 0 Å². The Balaban J connectivity index is 3.00. The van der Waals surface area contributed by atoms with E-state index >= 15 is 0 Å². The van der Waals surface area contributed by atoms with Gasteiger partial charge in [0.1, 0.15) is 0 Å². The van der Waals surface area contributed by atoms with Crippen LogP contribution in [0.25, 0.3) is 0 Å². The van der Waals surface area contributed by atoms with Crippen molar-refractivity contribution in [2.75, 3.05) is 33.5 Å². The Morgan fingerprint density at radius 1 is 0.577 bits per heavy atom. The number of ether oxygens (including phenoxy) is 3. The van der Waals surface area contributed by atoms with Crippen molar-refractivity contribution in [1.82, 2.24) is 0 Å². The zero-order valence-electron chi connectivity index (χ0n) is 17.6. The molecule has 0 aliphatic rings. The number of esters is 1. The maximum atomic E-state index is 10.9. The summed E-state index contributed by atoms with van der Waals surface area (Å²) in [7, 11) is 1.39. The first-order chi connectivity index (χ1) is 12.8. The first kappa shape index (κ1) is 25.4. The number of unbranched alkanes of at least 4 members (excludes halogenated alkanes) is 13. The Bertz CT molecular complexity index is 281. The number of methoxy groups -OCH3 is 1. The van der Waals surface area contributed by atoms with E-state index in [1.807, 2.05) is 0 Å². The van der Waals surface area contributed by atoms with Gasteiger partial charge in [0.2, 0.25) is 0 Å². The molecule has 0 rings (SSSR count). The summed E-state index contributed by atoms with van der Waals surface area (Å²) < 4.78 is 15.4. The van der Waals surface area contributed by atoms with Crippen LogP contribution in [0.4, 0.5) is 0 Å². The molecule has 0 saturated carbocycles. The first-order valence-electron chi connectivity index (χ1n) is 11.0. The van der Waals surface area contributed by atoms with Gasteiger partial charge >= 0.3 is 5.97 Å². The molecular weight excluding hydrogens is 328 g/mol. The SMILES string of the molecule is CCCCCCCCCCCCCCCCOCCOCCC(=O)OC. The minimum atomic E-state index is -0.228. The van der Waals surface area contributed by atoms with Gasteiger partial charge in [0.05, 0.1) is 33.4 Å². The quantitative estimate of drug-likeness (QED) is 0.181.